The van der Waals surface area contributed by atoms with Crippen molar-refractivity contribution >= 4 is 0 Å². The topological polar surface area (TPSA) is 12.5 Å². The van der Waals surface area contributed by atoms with Crippen LogP contribution in [-0.2, 0) is 4.74 Å². The van der Waals surface area contributed by atoms with Gasteiger partial charge in [0, 0.05) is 31.7 Å². The van der Waals surface area contributed by atoms with Crippen LogP contribution in [0.4, 0.5) is 4.39 Å². The second kappa shape index (κ2) is 3.21. The van der Waals surface area contributed by atoms with Crippen molar-refractivity contribution in [2.45, 2.75) is 43.9 Å². The summed E-state index contributed by atoms with van der Waals surface area (Å²) in [6.07, 6.45) is 2.32. The molecule has 2 aliphatic rings. The number of hydrogen-bond acceptors (Lipinski definition) is 2. The minimum absolute atomic E-state index is 0.0353. The van der Waals surface area contributed by atoms with Crippen LogP contribution >= 0.6 is 0 Å². The molecule has 2 aliphatic heterocycles. The minimum atomic E-state index is -0.641. The molecule has 0 N–H and O–H groups in total. The molecular formula is C10H18FNO. The maximum absolute atomic E-state index is 13.3. The second-order valence-electron chi connectivity index (χ2n) is 4.50. The fourth-order valence-electron chi connectivity index (χ4n) is 3.01. The first-order chi connectivity index (χ1) is 6.18. The Kier molecular flexibility index (Phi) is 2.32. The highest BCUT2D eigenvalue weighted by atomic mass is 19.1. The highest BCUT2D eigenvalue weighted by molar-refractivity contribution is 5.06. The van der Waals surface area contributed by atoms with Crippen molar-refractivity contribution in [3.63, 3.8) is 0 Å². The number of alkyl halides is 1. The van der Waals surface area contributed by atoms with Crippen LogP contribution in [0.25, 0.3) is 0 Å². The molecule has 0 spiro atoms. The van der Waals surface area contributed by atoms with E-state index in [1.807, 2.05) is 0 Å². The van der Waals surface area contributed by atoms with Gasteiger partial charge >= 0.3 is 0 Å². The molecule has 0 radical (unpaired) electrons. The molecule has 0 aliphatic carbocycles. The average molecular weight is 187 g/mol. The van der Waals surface area contributed by atoms with Crippen molar-refractivity contribution in [3.8, 4) is 0 Å². The molecule has 0 aromatic rings. The van der Waals surface area contributed by atoms with E-state index in [4.69, 9.17) is 4.74 Å². The zero-order valence-electron chi connectivity index (χ0n) is 8.42. The number of nitrogens with zero attached hydrogens (tertiary/aromatic N) is 1. The fourth-order valence-corrected chi connectivity index (χ4v) is 3.01. The van der Waals surface area contributed by atoms with Crippen molar-refractivity contribution in [1.82, 2.24) is 4.90 Å². The van der Waals surface area contributed by atoms with Gasteiger partial charge in [-0.15, -0.1) is 0 Å². The van der Waals surface area contributed by atoms with Gasteiger partial charge in [0.25, 0.3) is 0 Å². The van der Waals surface area contributed by atoms with Gasteiger partial charge in [-0.05, 0) is 19.8 Å². The summed E-state index contributed by atoms with van der Waals surface area (Å²) in [5.41, 5.74) is 0.0353. The molecule has 13 heavy (non-hydrogen) atoms. The number of halogens is 1. The molecule has 0 aromatic carbocycles. The molecule has 2 saturated heterocycles. The molecule has 76 valence electrons. The van der Waals surface area contributed by atoms with E-state index in [-0.39, 0.29) is 5.54 Å². The average Bonchev–Trinajstić information content (AvgIpc) is 2.51. The number of rotatable bonds is 2. The van der Waals surface area contributed by atoms with Gasteiger partial charge in [-0.3, -0.25) is 4.90 Å². The van der Waals surface area contributed by atoms with Gasteiger partial charge in [-0.2, -0.15) is 0 Å². The van der Waals surface area contributed by atoms with Crippen LogP contribution in [0, 0.1) is 0 Å². The van der Waals surface area contributed by atoms with Crippen LogP contribution in [0.5, 0.6) is 0 Å². The van der Waals surface area contributed by atoms with Crippen molar-refractivity contribution in [1.29, 1.82) is 0 Å². The lowest BCUT2D eigenvalue weighted by molar-refractivity contribution is 0.0526. The standard InChI is InChI=1S/C10H18FNO/c1-8-3-4-10(7-13-2)5-9(11)6-12(8)10/h8-9H,3-7H2,1-2H3/t8-,9-,10-/m1/s1. The number of ether oxygens (including phenoxy) is 1. The molecule has 0 bridgehead atoms. The summed E-state index contributed by atoms with van der Waals surface area (Å²) in [4.78, 5) is 2.31. The van der Waals surface area contributed by atoms with E-state index < -0.39 is 6.17 Å². The van der Waals surface area contributed by atoms with E-state index in [9.17, 15) is 4.39 Å². The van der Waals surface area contributed by atoms with Gasteiger partial charge in [-0.1, -0.05) is 0 Å². The van der Waals surface area contributed by atoms with Crippen LogP contribution < -0.4 is 0 Å². The van der Waals surface area contributed by atoms with Crippen LogP contribution in [-0.4, -0.2) is 42.9 Å². The molecule has 2 rings (SSSR count). The lowest BCUT2D eigenvalue weighted by atomic mass is 9.95. The first-order valence-electron chi connectivity index (χ1n) is 5.08. The van der Waals surface area contributed by atoms with Crippen LogP contribution in [0.1, 0.15) is 26.2 Å². The van der Waals surface area contributed by atoms with Gasteiger partial charge < -0.3 is 4.74 Å². The summed E-state index contributed by atoms with van der Waals surface area (Å²) in [5.74, 6) is 0. The highest BCUT2D eigenvalue weighted by Gasteiger charge is 2.51. The molecule has 2 heterocycles. The summed E-state index contributed by atoms with van der Waals surface area (Å²) >= 11 is 0. The summed E-state index contributed by atoms with van der Waals surface area (Å²) in [7, 11) is 1.71. The lowest BCUT2D eigenvalue weighted by Crippen LogP contribution is -2.44. The van der Waals surface area contributed by atoms with E-state index in [0.717, 1.165) is 6.42 Å². The highest BCUT2D eigenvalue weighted by Crippen LogP contribution is 2.43. The number of hydrogen-bond donors (Lipinski definition) is 0. The van der Waals surface area contributed by atoms with E-state index in [1.54, 1.807) is 7.11 Å². The first kappa shape index (κ1) is 9.41. The van der Waals surface area contributed by atoms with Crippen molar-refractivity contribution in [2.75, 3.05) is 20.3 Å². The maximum atomic E-state index is 13.3. The van der Waals surface area contributed by atoms with E-state index in [1.165, 1.54) is 6.42 Å². The van der Waals surface area contributed by atoms with E-state index in [2.05, 4.69) is 11.8 Å². The van der Waals surface area contributed by atoms with E-state index >= 15 is 0 Å². The molecule has 0 unspecified atom stereocenters. The Bertz CT molecular complexity index is 195. The van der Waals surface area contributed by atoms with Gasteiger partial charge in [0.1, 0.15) is 6.17 Å². The first-order valence-corrected chi connectivity index (χ1v) is 5.08. The zero-order valence-corrected chi connectivity index (χ0v) is 8.42. The Labute approximate surface area is 79.1 Å². The molecule has 3 heteroatoms. The van der Waals surface area contributed by atoms with Gasteiger partial charge in [0.05, 0.1) is 6.61 Å². The quantitative estimate of drug-likeness (QED) is 0.651. The molecule has 2 fully saturated rings. The number of fused-ring (bicyclic) bond motifs is 1. The van der Waals surface area contributed by atoms with E-state index in [0.29, 0.717) is 25.6 Å². The molecule has 3 atom stereocenters. The van der Waals surface area contributed by atoms with Crippen LogP contribution in [0.2, 0.25) is 0 Å². The third kappa shape index (κ3) is 1.38. The maximum Gasteiger partial charge on any atom is 0.115 e. The normalized spacial score (nSPS) is 45.5. The van der Waals surface area contributed by atoms with Gasteiger partial charge in [0.15, 0.2) is 0 Å². The third-order valence-corrected chi connectivity index (χ3v) is 3.58. The Hall–Kier alpha value is -0.150. The fraction of sp³-hybridized carbons (Fsp3) is 1.00. The Morgan fingerprint density at radius 1 is 1.62 bits per heavy atom. The minimum Gasteiger partial charge on any atom is -0.383 e. The number of methoxy groups -OCH3 is 1. The largest absolute Gasteiger partial charge is 0.383 e. The molecule has 0 amide bonds. The SMILES string of the molecule is COC[C@]12CC[C@@H](C)N1C[C@H](F)C2. The second-order valence-corrected chi connectivity index (χ2v) is 4.50. The Morgan fingerprint density at radius 2 is 2.38 bits per heavy atom. The third-order valence-electron chi connectivity index (χ3n) is 3.58. The summed E-state index contributed by atoms with van der Waals surface area (Å²) in [5, 5.41) is 0. The van der Waals surface area contributed by atoms with Crippen molar-refractivity contribution < 1.29 is 9.13 Å². The molecular weight excluding hydrogens is 169 g/mol. The van der Waals surface area contributed by atoms with Crippen molar-refractivity contribution in [2.24, 2.45) is 0 Å². The summed E-state index contributed by atoms with van der Waals surface area (Å²) in [6, 6.07) is 0.538. The van der Waals surface area contributed by atoms with Crippen LogP contribution in [0.15, 0.2) is 0 Å². The van der Waals surface area contributed by atoms with Crippen LogP contribution in [0.3, 0.4) is 0 Å². The summed E-state index contributed by atoms with van der Waals surface area (Å²) in [6.45, 7) is 3.50. The predicted molar refractivity (Wildman–Crippen MR) is 49.5 cm³/mol. The predicted octanol–water partition coefficient (Wildman–Crippen LogP) is 1.60. The molecule has 0 aromatic heterocycles. The molecule has 2 nitrogen and oxygen atoms in total. The summed E-state index contributed by atoms with van der Waals surface area (Å²) < 4.78 is 18.5. The Balaban J connectivity index is 2.14. The monoisotopic (exact) mass is 187 g/mol. The zero-order chi connectivity index (χ0) is 9.47. The molecule has 0 saturated carbocycles. The van der Waals surface area contributed by atoms with Crippen molar-refractivity contribution in [3.05, 3.63) is 0 Å². The van der Waals surface area contributed by atoms with Gasteiger partial charge in [0.2, 0.25) is 0 Å². The van der Waals surface area contributed by atoms with Gasteiger partial charge in [-0.25, -0.2) is 4.39 Å². The Morgan fingerprint density at radius 3 is 3.08 bits per heavy atom. The smallest absolute Gasteiger partial charge is 0.115 e. The lowest BCUT2D eigenvalue weighted by Gasteiger charge is -2.32.